The lowest BCUT2D eigenvalue weighted by Gasteiger charge is -2.29. The zero-order valence-electron chi connectivity index (χ0n) is 11.9. The second kappa shape index (κ2) is 10.1. The predicted molar refractivity (Wildman–Crippen MR) is 73.0 cm³/mol. The highest BCUT2D eigenvalue weighted by molar-refractivity contribution is 4.68. The molecule has 3 heteroatoms. The molecule has 0 aliphatic heterocycles. The van der Waals surface area contributed by atoms with Crippen molar-refractivity contribution >= 4 is 0 Å². The van der Waals surface area contributed by atoms with E-state index in [9.17, 15) is 0 Å². The van der Waals surface area contributed by atoms with Crippen LogP contribution in [0.2, 0.25) is 0 Å². The van der Waals surface area contributed by atoms with Crippen LogP contribution in [0.3, 0.4) is 0 Å². The highest BCUT2D eigenvalue weighted by Gasteiger charge is 2.11. The first kappa shape index (κ1) is 15.9. The smallest absolute Gasteiger partial charge is 0.0194 e. The van der Waals surface area contributed by atoms with Gasteiger partial charge in [-0.15, -0.1) is 0 Å². The Morgan fingerprint density at radius 2 is 1.81 bits per heavy atom. The molecular weight excluding hydrogens is 198 g/mol. The average Bonchev–Trinajstić information content (AvgIpc) is 2.22. The summed E-state index contributed by atoms with van der Waals surface area (Å²) in [5.74, 6) is 0. The van der Waals surface area contributed by atoms with E-state index in [1.54, 1.807) is 0 Å². The van der Waals surface area contributed by atoms with E-state index in [1.807, 2.05) is 7.05 Å². The standard InChI is InChI=1S/C13H31N3/c1-6-16(13(2)12-15(4)5)11-9-7-8-10-14-3/h13-14H,6-12H2,1-5H3. The van der Waals surface area contributed by atoms with Crippen LogP contribution < -0.4 is 5.32 Å². The highest BCUT2D eigenvalue weighted by atomic mass is 15.2. The molecule has 1 unspecified atom stereocenters. The Labute approximate surface area is 102 Å². The van der Waals surface area contributed by atoms with Gasteiger partial charge in [-0.1, -0.05) is 13.3 Å². The Balaban J connectivity index is 3.65. The summed E-state index contributed by atoms with van der Waals surface area (Å²) in [5.41, 5.74) is 0. The van der Waals surface area contributed by atoms with Crippen molar-refractivity contribution in [2.45, 2.75) is 39.2 Å². The van der Waals surface area contributed by atoms with Gasteiger partial charge in [0.05, 0.1) is 0 Å². The van der Waals surface area contributed by atoms with E-state index in [0.717, 1.165) is 13.1 Å². The Kier molecular flexibility index (Phi) is 9.99. The Morgan fingerprint density at radius 1 is 1.12 bits per heavy atom. The van der Waals surface area contributed by atoms with Crippen molar-refractivity contribution in [3.8, 4) is 0 Å². The van der Waals surface area contributed by atoms with E-state index in [4.69, 9.17) is 0 Å². The fourth-order valence-electron chi connectivity index (χ4n) is 2.13. The minimum Gasteiger partial charge on any atom is -0.320 e. The van der Waals surface area contributed by atoms with Gasteiger partial charge in [0.1, 0.15) is 0 Å². The van der Waals surface area contributed by atoms with Crippen molar-refractivity contribution in [1.82, 2.24) is 15.1 Å². The van der Waals surface area contributed by atoms with Gasteiger partial charge in [0.15, 0.2) is 0 Å². The summed E-state index contributed by atoms with van der Waals surface area (Å²) in [5, 5.41) is 3.20. The summed E-state index contributed by atoms with van der Waals surface area (Å²) in [6.07, 6.45) is 3.97. The maximum absolute atomic E-state index is 3.20. The quantitative estimate of drug-likeness (QED) is 0.575. The number of likely N-dealkylation sites (N-methyl/N-ethyl adjacent to an activating group) is 2. The molecule has 0 rings (SSSR count). The Bertz CT molecular complexity index is 148. The van der Waals surface area contributed by atoms with E-state index in [-0.39, 0.29) is 0 Å². The fraction of sp³-hybridized carbons (Fsp3) is 1.00. The molecule has 0 heterocycles. The number of hydrogen-bond acceptors (Lipinski definition) is 3. The zero-order chi connectivity index (χ0) is 12.4. The number of rotatable bonds is 10. The number of nitrogens with one attached hydrogen (secondary N) is 1. The van der Waals surface area contributed by atoms with Gasteiger partial charge in [-0.05, 0) is 60.5 Å². The van der Waals surface area contributed by atoms with E-state index in [0.29, 0.717) is 6.04 Å². The van der Waals surface area contributed by atoms with E-state index >= 15 is 0 Å². The molecule has 0 aliphatic rings. The lowest BCUT2D eigenvalue weighted by Crippen LogP contribution is -2.40. The number of hydrogen-bond donors (Lipinski definition) is 1. The van der Waals surface area contributed by atoms with Crippen LogP contribution in [0.4, 0.5) is 0 Å². The lowest BCUT2D eigenvalue weighted by molar-refractivity contribution is 0.178. The van der Waals surface area contributed by atoms with Crippen molar-refractivity contribution in [1.29, 1.82) is 0 Å². The molecule has 16 heavy (non-hydrogen) atoms. The highest BCUT2D eigenvalue weighted by Crippen LogP contribution is 2.04. The molecule has 1 atom stereocenters. The van der Waals surface area contributed by atoms with Crippen LogP contribution in [0.1, 0.15) is 33.1 Å². The molecule has 0 bridgehead atoms. The maximum atomic E-state index is 3.20. The van der Waals surface area contributed by atoms with Gasteiger partial charge in [-0.3, -0.25) is 4.90 Å². The van der Waals surface area contributed by atoms with Crippen LogP contribution in [0.5, 0.6) is 0 Å². The van der Waals surface area contributed by atoms with Crippen molar-refractivity contribution in [2.24, 2.45) is 0 Å². The summed E-state index contributed by atoms with van der Waals surface area (Å²) in [4.78, 5) is 4.85. The van der Waals surface area contributed by atoms with Gasteiger partial charge in [0.25, 0.3) is 0 Å². The third kappa shape index (κ3) is 8.08. The van der Waals surface area contributed by atoms with Crippen molar-refractivity contribution in [3.63, 3.8) is 0 Å². The fourth-order valence-corrected chi connectivity index (χ4v) is 2.13. The molecule has 0 aromatic carbocycles. The molecular formula is C13H31N3. The molecule has 1 N–H and O–H groups in total. The first-order valence-corrected chi connectivity index (χ1v) is 6.65. The van der Waals surface area contributed by atoms with Crippen molar-refractivity contribution in [2.75, 3.05) is 47.3 Å². The summed E-state index contributed by atoms with van der Waals surface area (Å²) in [6.45, 7) is 9.32. The van der Waals surface area contributed by atoms with Crippen LogP contribution in [-0.2, 0) is 0 Å². The first-order valence-electron chi connectivity index (χ1n) is 6.65. The summed E-state index contributed by atoms with van der Waals surface area (Å²) >= 11 is 0. The molecule has 3 nitrogen and oxygen atoms in total. The molecule has 0 aromatic rings. The van der Waals surface area contributed by atoms with Crippen LogP contribution in [0.25, 0.3) is 0 Å². The molecule has 0 spiro atoms. The third-order valence-corrected chi connectivity index (χ3v) is 3.03. The molecule has 0 amide bonds. The summed E-state index contributed by atoms with van der Waals surface area (Å²) in [7, 11) is 6.33. The van der Waals surface area contributed by atoms with E-state index in [1.165, 1.54) is 32.4 Å². The second-order valence-electron chi connectivity index (χ2n) is 4.90. The van der Waals surface area contributed by atoms with Crippen molar-refractivity contribution < 1.29 is 0 Å². The average molecular weight is 229 g/mol. The topological polar surface area (TPSA) is 18.5 Å². The van der Waals surface area contributed by atoms with E-state index in [2.05, 4.69) is 43.1 Å². The monoisotopic (exact) mass is 229 g/mol. The van der Waals surface area contributed by atoms with Gasteiger partial charge in [-0.25, -0.2) is 0 Å². The third-order valence-electron chi connectivity index (χ3n) is 3.03. The van der Waals surface area contributed by atoms with E-state index < -0.39 is 0 Å². The minimum atomic E-state index is 0.671. The van der Waals surface area contributed by atoms with Crippen LogP contribution in [0.15, 0.2) is 0 Å². The van der Waals surface area contributed by atoms with Crippen LogP contribution >= 0.6 is 0 Å². The number of unbranched alkanes of at least 4 members (excludes halogenated alkanes) is 2. The predicted octanol–water partition coefficient (Wildman–Crippen LogP) is 1.65. The zero-order valence-corrected chi connectivity index (χ0v) is 11.9. The van der Waals surface area contributed by atoms with Gasteiger partial charge in [0.2, 0.25) is 0 Å². The van der Waals surface area contributed by atoms with Crippen LogP contribution in [0, 0.1) is 0 Å². The summed E-state index contributed by atoms with van der Waals surface area (Å²) < 4.78 is 0. The van der Waals surface area contributed by atoms with Crippen molar-refractivity contribution in [3.05, 3.63) is 0 Å². The Morgan fingerprint density at radius 3 is 2.31 bits per heavy atom. The van der Waals surface area contributed by atoms with Gasteiger partial charge >= 0.3 is 0 Å². The van der Waals surface area contributed by atoms with Crippen LogP contribution in [-0.4, -0.2) is 63.2 Å². The molecule has 0 aliphatic carbocycles. The Hall–Kier alpha value is -0.120. The second-order valence-corrected chi connectivity index (χ2v) is 4.90. The molecule has 0 radical (unpaired) electrons. The first-order chi connectivity index (χ1) is 7.61. The molecule has 0 aromatic heterocycles. The SMILES string of the molecule is CCN(CCCCCNC)C(C)CN(C)C. The number of nitrogens with zero attached hydrogens (tertiary/aromatic N) is 2. The largest absolute Gasteiger partial charge is 0.320 e. The lowest BCUT2D eigenvalue weighted by atomic mass is 10.2. The molecule has 98 valence electrons. The van der Waals surface area contributed by atoms with Gasteiger partial charge in [-0.2, -0.15) is 0 Å². The van der Waals surface area contributed by atoms with Gasteiger partial charge in [0, 0.05) is 12.6 Å². The molecule has 0 saturated heterocycles. The maximum Gasteiger partial charge on any atom is 0.0194 e. The summed E-state index contributed by atoms with van der Waals surface area (Å²) in [6, 6.07) is 0.671. The molecule has 0 fully saturated rings. The van der Waals surface area contributed by atoms with Gasteiger partial charge < -0.3 is 10.2 Å². The molecule has 0 saturated carbocycles. The normalized spacial score (nSPS) is 13.7. The minimum absolute atomic E-state index is 0.671.